The molecule has 47 heavy (non-hydrogen) atoms. The van der Waals surface area contributed by atoms with Crippen molar-refractivity contribution in [1.82, 2.24) is 29.4 Å². The van der Waals surface area contributed by atoms with Crippen LogP contribution in [0.4, 0.5) is 4.39 Å². The molecule has 1 aliphatic heterocycles. The fourth-order valence-electron chi connectivity index (χ4n) is 6.08. The van der Waals surface area contributed by atoms with Crippen LogP contribution in [-0.2, 0) is 26.1 Å². The largest absolute Gasteiger partial charge is 0.478 e. The molecule has 0 atom stereocenters. The first-order chi connectivity index (χ1) is 22.9. The summed E-state index contributed by atoms with van der Waals surface area (Å²) in [6, 6.07) is 15.7. The van der Waals surface area contributed by atoms with Crippen LogP contribution in [0.2, 0.25) is 0 Å². The van der Waals surface area contributed by atoms with Gasteiger partial charge in [0.1, 0.15) is 23.0 Å². The van der Waals surface area contributed by atoms with Gasteiger partial charge >= 0.3 is 5.97 Å². The Morgan fingerprint density at radius 3 is 2.77 bits per heavy atom. The highest BCUT2D eigenvalue weighted by Crippen LogP contribution is 2.31. The molecule has 0 unspecified atom stereocenters. The summed E-state index contributed by atoms with van der Waals surface area (Å²) in [5.41, 5.74) is 6.15. The number of benzene rings is 2. The molecular formula is C34H30FN7O3S2. The van der Waals surface area contributed by atoms with Gasteiger partial charge in [0.05, 0.1) is 57.2 Å². The van der Waals surface area contributed by atoms with E-state index in [0.29, 0.717) is 28.7 Å². The maximum atomic E-state index is 14.3. The Balaban J connectivity index is 1.03. The number of likely N-dealkylation sites (tertiary alicyclic amines) is 1. The third kappa shape index (κ3) is 6.44. The standard InChI is InChI=1S/C34H30FN7O3S2/c1-2-28-26(37-19-46-28)16-42-27-14-22(34(43)44)6-7-25(27)38-30(42)17-41-10-8-21(9-11-41)24-4-3-5-31(39-24)45-18-32-40-33-23(35)12-20(15-36)13-29(33)47-32/h3-7,12-14,19,21H,2,8-11,16-18H2,1H3,(H,43,44). The molecule has 6 aromatic rings. The van der Waals surface area contributed by atoms with E-state index >= 15 is 0 Å². The van der Waals surface area contributed by atoms with Gasteiger partial charge in [0.2, 0.25) is 5.88 Å². The number of pyridine rings is 1. The average Bonchev–Trinajstić information content (AvgIpc) is 3.81. The van der Waals surface area contributed by atoms with Crippen LogP contribution in [0.25, 0.3) is 21.3 Å². The molecular weight excluding hydrogens is 638 g/mol. The molecule has 4 aromatic heterocycles. The zero-order chi connectivity index (χ0) is 32.5. The van der Waals surface area contributed by atoms with E-state index in [1.54, 1.807) is 35.6 Å². The van der Waals surface area contributed by atoms with Gasteiger partial charge in [-0.15, -0.1) is 22.7 Å². The zero-order valence-corrected chi connectivity index (χ0v) is 27.2. The Morgan fingerprint density at radius 1 is 1.13 bits per heavy atom. The van der Waals surface area contributed by atoms with Crippen LogP contribution < -0.4 is 4.74 Å². The lowest BCUT2D eigenvalue weighted by atomic mass is 9.93. The van der Waals surface area contributed by atoms with Crippen molar-refractivity contribution in [2.24, 2.45) is 0 Å². The van der Waals surface area contributed by atoms with E-state index in [0.717, 1.165) is 60.6 Å². The van der Waals surface area contributed by atoms with Crippen LogP contribution in [0.1, 0.15) is 68.7 Å². The predicted molar refractivity (Wildman–Crippen MR) is 177 cm³/mol. The molecule has 1 saturated heterocycles. The number of piperidine rings is 1. The summed E-state index contributed by atoms with van der Waals surface area (Å²) in [6.45, 7) is 5.18. The molecule has 0 spiro atoms. The number of hydrogen-bond acceptors (Lipinski definition) is 10. The summed E-state index contributed by atoms with van der Waals surface area (Å²) < 4.78 is 23.0. The number of aromatic nitrogens is 5. The Kier molecular flexibility index (Phi) is 8.64. The van der Waals surface area contributed by atoms with Crippen molar-refractivity contribution in [2.75, 3.05) is 13.1 Å². The number of carboxylic acid groups (broad SMARTS) is 1. The lowest BCUT2D eigenvalue weighted by Gasteiger charge is -2.31. The molecule has 0 radical (unpaired) electrons. The topological polar surface area (TPSA) is 130 Å². The Morgan fingerprint density at radius 2 is 1.98 bits per heavy atom. The van der Waals surface area contributed by atoms with Crippen molar-refractivity contribution < 1.29 is 19.0 Å². The maximum absolute atomic E-state index is 14.3. The summed E-state index contributed by atoms with van der Waals surface area (Å²) in [7, 11) is 0. The highest BCUT2D eigenvalue weighted by atomic mass is 32.1. The minimum absolute atomic E-state index is 0.158. The molecule has 13 heteroatoms. The quantitative estimate of drug-likeness (QED) is 0.168. The van der Waals surface area contributed by atoms with Gasteiger partial charge in [-0.25, -0.2) is 29.1 Å². The van der Waals surface area contributed by atoms with E-state index in [1.807, 2.05) is 29.8 Å². The van der Waals surface area contributed by atoms with E-state index in [9.17, 15) is 14.3 Å². The summed E-state index contributed by atoms with van der Waals surface area (Å²) in [4.78, 5) is 34.1. The van der Waals surface area contributed by atoms with Gasteiger partial charge in [-0.2, -0.15) is 5.26 Å². The second-order valence-electron chi connectivity index (χ2n) is 11.5. The molecule has 10 nitrogen and oxygen atoms in total. The normalized spacial score (nSPS) is 14.1. The molecule has 0 amide bonds. The van der Waals surface area contributed by atoms with Crippen molar-refractivity contribution in [3.63, 3.8) is 0 Å². The minimum Gasteiger partial charge on any atom is -0.478 e. The molecule has 1 fully saturated rings. The third-order valence-electron chi connectivity index (χ3n) is 8.51. The maximum Gasteiger partial charge on any atom is 0.335 e. The molecule has 0 bridgehead atoms. The van der Waals surface area contributed by atoms with Crippen LogP contribution in [0.15, 0.2) is 54.0 Å². The molecule has 0 saturated carbocycles. The summed E-state index contributed by atoms with van der Waals surface area (Å²) in [5.74, 6) is 0.183. The first-order valence-corrected chi connectivity index (χ1v) is 17.0. The van der Waals surface area contributed by atoms with Crippen LogP contribution in [0.5, 0.6) is 5.88 Å². The number of aryl methyl sites for hydroxylation is 1. The number of rotatable bonds is 10. The number of imidazole rings is 1. The van der Waals surface area contributed by atoms with Gasteiger partial charge in [-0.1, -0.05) is 13.0 Å². The zero-order valence-electron chi connectivity index (χ0n) is 25.5. The number of thiazole rings is 2. The Labute approximate surface area is 277 Å². The first-order valence-electron chi connectivity index (χ1n) is 15.3. The van der Waals surface area contributed by atoms with E-state index in [1.165, 1.54) is 22.3 Å². The van der Waals surface area contributed by atoms with Crippen molar-refractivity contribution >= 4 is 49.9 Å². The second kappa shape index (κ2) is 13.2. The number of hydrogen-bond donors (Lipinski definition) is 1. The smallest absolute Gasteiger partial charge is 0.335 e. The summed E-state index contributed by atoms with van der Waals surface area (Å²) in [6.07, 6.45) is 2.73. The number of nitriles is 1. The minimum atomic E-state index is -0.962. The number of carbonyl (C=O) groups is 1. The SMILES string of the molecule is CCc1scnc1Cn1c(CN2CCC(c3cccc(OCc4nc5c(F)cc(C#N)cc5s4)n3)CC2)nc2ccc(C(=O)O)cc21. The number of ether oxygens (including phenoxy) is 1. The van der Waals surface area contributed by atoms with Crippen LogP contribution in [0, 0.1) is 17.1 Å². The Hall–Kier alpha value is -4.77. The van der Waals surface area contributed by atoms with Crippen LogP contribution in [0.3, 0.4) is 0 Å². The van der Waals surface area contributed by atoms with Crippen LogP contribution in [-0.4, -0.2) is 53.6 Å². The third-order valence-corrected chi connectivity index (χ3v) is 10.5. The highest BCUT2D eigenvalue weighted by molar-refractivity contribution is 7.18. The number of aromatic carboxylic acids is 1. The van der Waals surface area contributed by atoms with Gasteiger partial charge in [0.25, 0.3) is 0 Å². The van der Waals surface area contributed by atoms with Gasteiger partial charge in [0.15, 0.2) is 5.82 Å². The highest BCUT2D eigenvalue weighted by Gasteiger charge is 2.25. The summed E-state index contributed by atoms with van der Waals surface area (Å²) in [5, 5.41) is 19.4. The fourth-order valence-corrected chi connectivity index (χ4v) is 7.75. The van der Waals surface area contributed by atoms with Gasteiger partial charge in [-0.05, 0) is 68.8 Å². The van der Waals surface area contributed by atoms with E-state index in [2.05, 4.69) is 26.4 Å². The average molecular weight is 668 g/mol. The molecule has 7 rings (SSSR count). The number of nitrogens with zero attached hydrogens (tertiary/aromatic N) is 7. The van der Waals surface area contributed by atoms with Crippen molar-refractivity contribution in [2.45, 2.75) is 51.8 Å². The molecule has 5 heterocycles. The number of halogens is 1. The predicted octanol–water partition coefficient (Wildman–Crippen LogP) is 6.78. The number of carboxylic acids is 1. The second-order valence-corrected chi connectivity index (χ2v) is 13.5. The van der Waals surface area contributed by atoms with Crippen LogP contribution >= 0.6 is 22.7 Å². The van der Waals surface area contributed by atoms with E-state index < -0.39 is 11.8 Å². The monoisotopic (exact) mass is 667 g/mol. The Bertz CT molecular complexity index is 2140. The van der Waals surface area contributed by atoms with Crippen molar-refractivity contribution in [1.29, 1.82) is 5.26 Å². The molecule has 2 aromatic carbocycles. The fraction of sp³-hybridized carbons (Fsp3) is 0.294. The van der Waals surface area contributed by atoms with Gasteiger partial charge in [0, 0.05) is 22.6 Å². The number of fused-ring (bicyclic) bond motifs is 2. The first kappa shape index (κ1) is 30.9. The molecule has 238 valence electrons. The van der Waals surface area contributed by atoms with Gasteiger partial charge in [-0.3, -0.25) is 4.90 Å². The van der Waals surface area contributed by atoms with E-state index in [4.69, 9.17) is 20.0 Å². The lowest BCUT2D eigenvalue weighted by molar-refractivity contribution is 0.0697. The van der Waals surface area contributed by atoms with Crippen molar-refractivity contribution in [3.05, 3.63) is 98.1 Å². The molecule has 1 aliphatic rings. The summed E-state index contributed by atoms with van der Waals surface area (Å²) >= 11 is 2.94. The molecule has 0 aliphatic carbocycles. The van der Waals surface area contributed by atoms with E-state index in [-0.39, 0.29) is 29.2 Å². The van der Waals surface area contributed by atoms with Gasteiger partial charge < -0.3 is 14.4 Å². The van der Waals surface area contributed by atoms with Crippen molar-refractivity contribution in [3.8, 4) is 11.9 Å². The lowest BCUT2D eigenvalue weighted by Crippen LogP contribution is -2.33. The molecule has 1 N–H and O–H groups in total.